The number of fused-ring (bicyclic) bond motifs is 1. The van der Waals surface area contributed by atoms with E-state index < -0.39 is 5.97 Å². The Morgan fingerprint density at radius 3 is 2.52 bits per heavy atom. The Morgan fingerprint density at radius 2 is 1.71 bits per heavy atom. The molecular formula is C18H22O3. The number of hydrogen-bond donors (Lipinski definition) is 1. The third kappa shape index (κ3) is 5.10. The minimum absolute atomic E-state index is 0.269. The number of hydrogen-bond acceptors (Lipinski definition) is 2. The van der Waals surface area contributed by atoms with E-state index in [1.807, 2.05) is 6.07 Å². The number of carboxylic acid groups (broad SMARTS) is 1. The normalized spacial score (nSPS) is 10.7. The largest absolute Gasteiger partial charge is 0.494 e. The Morgan fingerprint density at radius 1 is 1.00 bits per heavy atom. The van der Waals surface area contributed by atoms with Crippen molar-refractivity contribution in [2.45, 2.75) is 39.0 Å². The molecule has 0 aliphatic heterocycles. The third-order valence-corrected chi connectivity index (χ3v) is 3.52. The quantitative estimate of drug-likeness (QED) is 0.723. The van der Waals surface area contributed by atoms with Crippen molar-refractivity contribution < 1.29 is 14.6 Å². The zero-order chi connectivity index (χ0) is 15.1. The fourth-order valence-electron chi connectivity index (χ4n) is 2.35. The van der Waals surface area contributed by atoms with Gasteiger partial charge in [-0.25, -0.2) is 0 Å². The van der Waals surface area contributed by atoms with Crippen molar-refractivity contribution in [1.29, 1.82) is 0 Å². The molecule has 0 aliphatic rings. The second-order valence-electron chi connectivity index (χ2n) is 5.42. The summed E-state index contributed by atoms with van der Waals surface area (Å²) in [6.07, 6.45) is 3.95. The van der Waals surface area contributed by atoms with Crippen molar-refractivity contribution in [3.63, 3.8) is 0 Å². The number of aryl methyl sites for hydroxylation is 1. The highest BCUT2D eigenvalue weighted by Gasteiger charge is 1.99. The highest BCUT2D eigenvalue weighted by Crippen LogP contribution is 2.22. The maximum atomic E-state index is 10.4. The summed E-state index contributed by atoms with van der Waals surface area (Å²) >= 11 is 0. The van der Waals surface area contributed by atoms with Gasteiger partial charge in [-0.3, -0.25) is 4.79 Å². The summed E-state index contributed by atoms with van der Waals surface area (Å²) in [4.78, 5) is 10.4. The Hall–Kier alpha value is -2.03. The molecular weight excluding hydrogens is 264 g/mol. The van der Waals surface area contributed by atoms with Gasteiger partial charge in [-0.1, -0.05) is 42.7 Å². The Bertz CT molecular complexity index is 604. The predicted octanol–water partition coefficient (Wildman–Crippen LogP) is 4.56. The second-order valence-corrected chi connectivity index (χ2v) is 5.42. The minimum atomic E-state index is -0.711. The number of carboxylic acids is 1. The number of unbranched alkanes of at least 4 members (excludes halogenated alkanes) is 3. The fourth-order valence-corrected chi connectivity index (χ4v) is 2.35. The number of carbonyl (C=O) groups is 1. The van der Waals surface area contributed by atoms with E-state index in [-0.39, 0.29) is 6.42 Å². The molecule has 21 heavy (non-hydrogen) atoms. The zero-order valence-electron chi connectivity index (χ0n) is 12.5. The summed E-state index contributed by atoms with van der Waals surface area (Å²) in [6, 6.07) is 12.6. The first-order chi connectivity index (χ1) is 10.1. The maximum absolute atomic E-state index is 10.4. The molecule has 0 radical (unpaired) electrons. The van der Waals surface area contributed by atoms with Gasteiger partial charge in [0, 0.05) is 6.42 Å². The van der Waals surface area contributed by atoms with Crippen molar-refractivity contribution in [2.24, 2.45) is 0 Å². The van der Waals surface area contributed by atoms with Crippen LogP contribution in [-0.2, 0) is 4.79 Å². The van der Waals surface area contributed by atoms with E-state index in [0.29, 0.717) is 6.61 Å². The average molecular weight is 286 g/mol. The van der Waals surface area contributed by atoms with Gasteiger partial charge in [-0.15, -0.1) is 0 Å². The molecule has 0 aliphatic carbocycles. The number of ether oxygens (including phenoxy) is 1. The monoisotopic (exact) mass is 286 g/mol. The minimum Gasteiger partial charge on any atom is -0.494 e. The molecule has 3 heteroatoms. The van der Waals surface area contributed by atoms with Gasteiger partial charge in [0.1, 0.15) is 5.75 Å². The molecule has 3 nitrogen and oxygen atoms in total. The summed E-state index contributed by atoms with van der Waals surface area (Å²) < 4.78 is 5.76. The molecule has 2 aromatic carbocycles. The number of rotatable bonds is 8. The lowest BCUT2D eigenvalue weighted by Crippen LogP contribution is -1.98. The fraction of sp³-hybridized carbons (Fsp3) is 0.389. The van der Waals surface area contributed by atoms with E-state index in [2.05, 4.69) is 37.3 Å². The topological polar surface area (TPSA) is 46.5 Å². The molecule has 0 saturated heterocycles. The summed E-state index contributed by atoms with van der Waals surface area (Å²) in [5.74, 6) is 0.189. The molecule has 0 aromatic heterocycles. The molecule has 0 atom stereocenters. The van der Waals surface area contributed by atoms with Gasteiger partial charge >= 0.3 is 5.97 Å². The highest BCUT2D eigenvalue weighted by atomic mass is 16.5. The van der Waals surface area contributed by atoms with Crippen LogP contribution < -0.4 is 4.74 Å². The zero-order valence-corrected chi connectivity index (χ0v) is 12.5. The van der Waals surface area contributed by atoms with E-state index in [4.69, 9.17) is 9.84 Å². The van der Waals surface area contributed by atoms with Crippen molar-refractivity contribution in [3.8, 4) is 5.75 Å². The van der Waals surface area contributed by atoms with Crippen LogP contribution in [0.1, 0.15) is 37.7 Å². The third-order valence-electron chi connectivity index (χ3n) is 3.52. The lowest BCUT2D eigenvalue weighted by Gasteiger charge is -2.07. The van der Waals surface area contributed by atoms with Gasteiger partial charge in [0.25, 0.3) is 0 Å². The van der Waals surface area contributed by atoms with E-state index in [1.54, 1.807) is 0 Å². The SMILES string of the molecule is Cc1ccc2cc(OCCCCCCC(=O)O)ccc2c1. The van der Waals surface area contributed by atoms with Crippen molar-refractivity contribution in [3.05, 3.63) is 42.0 Å². The van der Waals surface area contributed by atoms with Gasteiger partial charge in [0.05, 0.1) is 6.61 Å². The Labute approximate surface area is 125 Å². The van der Waals surface area contributed by atoms with Crippen molar-refractivity contribution >= 4 is 16.7 Å². The molecule has 0 fully saturated rings. The molecule has 2 aromatic rings. The molecule has 0 bridgehead atoms. The lowest BCUT2D eigenvalue weighted by atomic mass is 10.1. The average Bonchev–Trinajstić information content (AvgIpc) is 2.46. The summed E-state index contributed by atoms with van der Waals surface area (Å²) in [6.45, 7) is 2.78. The van der Waals surface area contributed by atoms with Crippen LogP contribution in [-0.4, -0.2) is 17.7 Å². The van der Waals surface area contributed by atoms with Crippen LogP contribution >= 0.6 is 0 Å². The number of benzene rings is 2. The van der Waals surface area contributed by atoms with E-state index in [9.17, 15) is 4.79 Å². The maximum Gasteiger partial charge on any atom is 0.303 e. The van der Waals surface area contributed by atoms with Gasteiger partial charge < -0.3 is 9.84 Å². The van der Waals surface area contributed by atoms with E-state index in [0.717, 1.165) is 31.4 Å². The second kappa shape index (κ2) is 7.67. The van der Waals surface area contributed by atoms with Crippen molar-refractivity contribution in [2.75, 3.05) is 6.61 Å². The Balaban J connectivity index is 1.73. The first-order valence-corrected chi connectivity index (χ1v) is 7.50. The van der Waals surface area contributed by atoms with Crippen LogP contribution in [0, 0.1) is 6.92 Å². The molecule has 0 saturated carbocycles. The van der Waals surface area contributed by atoms with Crippen LogP contribution in [0.4, 0.5) is 0 Å². The molecule has 0 heterocycles. The smallest absolute Gasteiger partial charge is 0.303 e. The van der Waals surface area contributed by atoms with E-state index in [1.165, 1.54) is 16.3 Å². The lowest BCUT2D eigenvalue weighted by molar-refractivity contribution is -0.137. The molecule has 1 N–H and O–H groups in total. The summed E-state index contributed by atoms with van der Waals surface area (Å²) in [7, 11) is 0. The van der Waals surface area contributed by atoms with Gasteiger partial charge in [-0.2, -0.15) is 0 Å². The molecule has 0 amide bonds. The van der Waals surface area contributed by atoms with Crippen LogP contribution in [0.15, 0.2) is 36.4 Å². The summed E-state index contributed by atoms with van der Waals surface area (Å²) in [5.41, 5.74) is 1.26. The van der Waals surface area contributed by atoms with Crippen LogP contribution in [0.5, 0.6) is 5.75 Å². The first-order valence-electron chi connectivity index (χ1n) is 7.50. The molecule has 0 unspecified atom stereocenters. The number of aliphatic carboxylic acids is 1. The molecule has 112 valence electrons. The summed E-state index contributed by atoms with van der Waals surface area (Å²) in [5, 5.41) is 11.0. The van der Waals surface area contributed by atoms with Crippen LogP contribution in [0.25, 0.3) is 10.8 Å². The Kier molecular flexibility index (Phi) is 5.61. The van der Waals surface area contributed by atoms with Gasteiger partial charge in [-0.05, 0) is 42.7 Å². The molecule has 0 spiro atoms. The van der Waals surface area contributed by atoms with Crippen LogP contribution in [0.3, 0.4) is 0 Å². The van der Waals surface area contributed by atoms with E-state index >= 15 is 0 Å². The van der Waals surface area contributed by atoms with Gasteiger partial charge in [0.15, 0.2) is 0 Å². The first kappa shape index (κ1) is 15.4. The highest BCUT2D eigenvalue weighted by molar-refractivity contribution is 5.84. The predicted molar refractivity (Wildman–Crippen MR) is 84.9 cm³/mol. The van der Waals surface area contributed by atoms with Crippen molar-refractivity contribution in [1.82, 2.24) is 0 Å². The molecule has 2 rings (SSSR count). The van der Waals surface area contributed by atoms with Gasteiger partial charge in [0.2, 0.25) is 0 Å². The van der Waals surface area contributed by atoms with Crippen LogP contribution in [0.2, 0.25) is 0 Å². The standard InChI is InChI=1S/C18H22O3/c1-14-7-8-16-13-17(10-9-15(16)12-14)21-11-5-3-2-4-6-18(19)20/h7-10,12-13H,2-6,11H2,1H3,(H,19,20).